The SMILES string of the molecule is Cc1cc(C2(C(=O)O)CC2)cc(O)c1F. The molecule has 4 heteroatoms. The smallest absolute Gasteiger partial charge is 0.314 e. The fraction of sp³-hybridized carbons (Fsp3) is 0.364. The van der Waals surface area contributed by atoms with Crippen molar-refractivity contribution in [3.05, 3.63) is 29.1 Å². The highest BCUT2D eigenvalue weighted by molar-refractivity contribution is 5.85. The molecule has 2 N–H and O–H groups in total. The van der Waals surface area contributed by atoms with Crippen molar-refractivity contribution < 1.29 is 19.4 Å². The van der Waals surface area contributed by atoms with Crippen LogP contribution in [0.5, 0.6) is 5.75 Å². The van der Waals surface area contributed by atoms with E-state index < -0.39 is 23.0 Å². The number of hydrogen-bond donors (Lipinski definition) is 2. The topological polar surface area (TPSA) is 57.5 Å². The molecular formula is C11H11FO3. The van der Waals surface area contributed by atoms with Gasteiger partial charge in [-0.25, -0.2) is 4.39 Å². The average molecular weight is 210 g/mol. The van der Waals surface area contributed by atoms with Crippen molar-refractivity contribution in [3.8, 4) is 5.75 Å². The van der Waals surface area contributed by atoms with E-state index in [4.69, 9.17) is 5.11 Å². The Morgan fingerprint density at radius 1 is 1.47 bits per heavy atom. The highest BCUT2D eigenvalue weighted by Gasteiger charge is 2.52. The van der Waals surface area contributed by atoms with Crippen LogP contribution in [0.4, 0.5) is 4.39 Å². The maximum atomic E-state index is 13.1. The van der Waals surface area contributed by atoms with Crippen molar-refractivity contribution in [1.82, 2.24) is 0 Å². The van der Waals surface area contributed by atoms with Gasteiger partial charge in [-0.2, -0.15) is 0 Å². The van der Waals surface area contributed by atoms with E-state index in [2.05, 4.69) is 0 Å². The molecule has 0 unspecified atom stereocenters. The van der Waals surface area contributed by atoms with Gasteiger partial charge in [-0.05, 0) is 37.0 Å². The minimum Gasteiger partial charge on any atom is -0.505 e. The van der Waals surface area contributed by atoms with Gasteiger partial charge in [0.1, 0.15) is 0 Å². The summed E-state index contributed by atoms with van der Waals surface area (Å²) in [7, 11) is 0. The Kier molecular flexibility index (Phi) is 1.96. The highest BCUT2D eigenvalue weighted by atomic mass is 19.1. The number of aromatic hydroxyl groups is 1. The Labute approximate surface area is 86.2 Å². The lowest BCUT2D eigenvalue weighted by Crippen LogP contribution is -2.19. The van der Waals surface area contributed by atoms with E-state index in [1.54, 1.807) is 0 Å². The maximum absolute atomic E-state index is 13.1. The summed E-state index contributed by atoms with van der Waals surface area (Å²) in [5, 5.41) is 18.3. The summed E-state index contributed by atoms with van der Waals surface area (Å²) in [6.45, 7) is 1.51. The predicted molar refractivity (Wildman–Crippen MR) is 51.3 cm³/mol. The molecule has 0 saturated heterocycles. The second kappa shape index (κ2) is 2.95. The second-order valence-electron chi connectivity index (χ2n) is 4.01. The van der Waals surface area contributed by atoms with Crippen LogP contribution in [-0.4, -0.2) is 16.2 Å². The van der Waals surface area contributed by atoms with Crippen LogP contribution in [0.2, 0.25) is 0 Å². The van der Waals surface area contributed by atoms with Gasteiger partial charge in [0.05, 0.1) is 5.41 Å². The van der Waals surface area contributed by atoms with Gasteiger partial charge < -0.3 is 10.2 Å². The molecule has 3 nitrogen and oxygen atoms in total. The van der Waals surface area contributed by atoms with Crippen molar-refractivity contribution >= 4 is 5.97 Å². The van der Waals surface area contributed by atoms with Gasteiger partial charge in [0, 0.05) is 0 Å². The molecule has 0 spiro atoms. The highest BCUT2D eigenvalue weighted by Crippen LogP contribution is 2.49. The lowest BCUT2D eigenvalue weighted by molar-refractivity contribution is -0.140. The molecule has 0 bridgehead atoms. The minimum absolute atomic E-state index is 0.275. The van der Waals surface area contributed by atoms with Gasteiger partial charge in [-0.15, -0.1) is 0 Å². The molecule has 0 heterocycles. The zero-order chi connectivity index (χ0) is 11.2. The Morgan fingerprint density at radius 2 is 2.07 bits per heavy atom. The van der Waals surface area contributed by atoms with E-state index in [1.165, 1.54) is 19.1 Å². The number of phenols is 1. The molecule has 1 aliphatic carbocycles. The maximum Gasteiger partial charge on any atom is 0.314 e. The van der Waals surface area contributed by atoms with Gasteiger partial charge >= 0.3 is 5.97 Å². The molecule has 0 aromatic heterocycles. The van der Waals surface area contributed by atoms with Gasteiger partial charge in [0.15, 0.2) is 11.6 Å². The summed E-state index contributed by atoms with van der Waals surface area (Å²) in [6, 6.07) is 2.71. The fourth-order valence-electron chi connectivity index (χ4n) is 1.78. The fourth-order valence-corrected chi connectivity index (χ4v) is 1.78. The molecule has 1 aliphatic rings. The summed E-state index contributed by atoms with van der Waals surface area (Å²) in [5.74, 6) is -2.06. The predicted octanol–water partition coefficient (Wildman–Crippen LogP) is 1.96. The number of carboxylic acid groups (broad SMARTS) is 1. The normalized spacial score (nSPS) is 17.5. The van der Waals surface area contributed by atoms with E-state index in [9.17, 15) is 14.3 Å². The van der Waals surface area contributed by atoms with Crippen molar-refractivity contribution in [2.45, 2.75) is 25.2 Å². The third kappa shape index (κ3) is 1.37. The number of phenolic OH excluding ortho intramolecular Hbond substituents is 1. The minimum atomic E-state index is -0.909. The number of aliphatic carboxylic acids is 1. The number of rotatable bonds is 2. The first-order valence-corrected chi connectivity index (χ1v) is 4.70. The van der Waals surface area contributed by atoms with Crippen LogP contribution in [0.15, 0.2) is 12.1 Å². The molecule has 1 fully saturated rings. The zero-order valence-electron chi connectivity index (χ0n) is 8.25. The molecule has 0 amide bonds. The number of halogens is 1. The first kappa shape index (κ1) is 9.96. The Balaban J connectivity index is 2.51. The van der Waals surface area contributed by atoms with E-state index in [1.807, 2.05) is 0 Å². The van der Waals surface area contributed by atoms with Crippen LogP contribution in [0.3, 0.4) is 0 Å². The number of carboxylic acids is 1. The van der Waals surface area contributed by atoms with Crippen LogP contribution in [0.25, 0.3) is 0 Å². The molecule has 0 atom stereocenters. The van der Waals surface area contributed by atoms with Crippen molar-refractivity contribution in [2.75, 3.05) is 0 Å². The summed E-state index contributed by atoms with van der Waals surface area (Å²) < 4.78 is 13.1. The molecule has 80 valence electrons. The Morgan fingerprint density at radius 3 is 2.47 bits per heavy atom. The lowest BCUT2D eigenvalue weighted by Gasteiger charge is -2.12. The van der Waals surface area contributed by atoms with Crippen LogP contribution < -0.4 is 0 Å². The van der Waals surface area contributed by atoms with E-state index >= 15 is 0 Å². The molecule has 1 aromatic rings. The Bertz CT molecular complexity index is 412. The number of benzene rings is 1. The largest absolute Gasteiger partial charge is 0.505 e. The third-order valence-electron chi connectivity index (χ3n) is 2.95. The van der Waals surface area contributed by atoms with Crippen LogP contribution >= 0.6 is 0 Å². The van der Waals surface area contributed by atoms with Gasteiger partial charge in [0.25, 0.3) is 0 Å². The average Bonchev–Trinajstić information content (AvgIpc) is 2.93. The molecule has 1 aromatic carbocycles. The first-order valence-electron chi connectivity index (χ1n) is 4.70. The number of carbonyl (C=O) groups is 1. The molecule has 15 heavy (non-hydrogen) atoms. The summed E-state index contributed by atoms with van der Waals surface area (Å²) in [6.07, 6.45) is 1.10. The van der Waals surface area contributed by atoms with Gasteiger partial charge in [-0.1, -0.05) is 6.07 Å². The number of aryl methyl sites for hydroxylation is 1. The van der Waals surface area contributed by atoms with Crippen molar-refractivity contribution in [1.29, 1.82) is 0 Å². The number of hydrogen-bond acceptors (Lipinski definition) is 2. The summed E-state index contributed by atoms with van der Waals surface area (Å²) in [5.41, 5.74) is -0.125. The van der Waals surface area contributed by atoms with Crippen LogP contribution in [0.1, 0.15) is 24.0 Å². The monoisotopic (exact) mass is 210 g/mol. The summed E-state index contributed by atoms with van der Waals surface area (Å²) >= 11 is 0. The van der Waals surface area contributed by atoms with Crippen molar-refractivity contribution in [3.63, 3.8) is 0 Å². The van der Waals surface area contributed by atoms with E-state index in [0.717, 1.165) is 0 Å². The van der Waals surface area contributed by atoms with E-state index in [0.29, 0.717) is 18.4 Å². The molecule has 0 aliphatic heterocycles. The first-order chi connectivity index (χ1) is 6.97. The zero-order valence-corrected chi connectivity index (χ0v) is 8.25. The van der Waals surface area contributed by atoms with Crippen molar-refractivity contribution in [2.24, 2.45) is 0 Å². The van der Waals surface area contributed by atoms with Gasteiger partial charge in [-0.3, -0.25) is 4.79 Å². The molecule has 0 radical (unpaired) electrons. The molecule has 1 saturated carbocycles. The third-order valence-corrected chi connectivity index (χ3v) is 2.95. The Hall–Kier alpha value is -1.58. The standard InChI is InChI=1S/C11H11FO3/c1-6-4-7(5-8(13)9(6)12)11(2-3-11)10(14)15/h4-5,13H,2-3H2,1H3,(H,14,15). The van der Waals surface area contributed by atoms with Crippen LogP contribution in [0, 0.1) is 12.7 Å². The lowest BCUT2D eigenvalue weighted by atomic mass is 9.94. The van der Waals surface area contributed by atoms with Gasteiger partial charge in [0.2, 0.25) is 0 Å². The molecule has 2 rings (SSSR count). The molecular weight excluding hydrogens is 199 g/mol. The van der Waals surface area contributed by atoms with E-state index in [-0.39, 0.29) is 5.56 Å². The summed E-state index contributed by atoms with van der Waals surface area (Å²) in [4.78, 5) is 11.0. The quantitative estimate of drug-likeness (QED) is 0.784. The second-order valence-corrected chi connectivity index (χ2v) is 4.01. The van der Waals surface area contributed by atoms with Crippen LogP contribution in [-0.2, 0) is 10.2 Å².